The molecule has 40 heavy (non-hydrogen) atoms. The monoisotopic (exact) mass is 571 g/mol. The Balaban J connectivity index is 1.23. The fraction of sp³-hybridized carbons (Fsp3) is 0.310. The van der Waals surface area contributed by atoms with Gasteiger partial charge in [-0.05, 0) is 48.2 Å². The van der Waals surface area contributed by atoms with E-state index >= 15 is 0 Å². The maximum atomic E-state index is 13.2. The summed E-state index contributed by atoms with van der Waals surface area (Å²) in [7, 11) is 0. The van der Waals surface area contributed by atoms with Crippen molar-refractivity contribution in [1.29, 1.82) is 0 Å². The van der Waals surface area contributed by atoms with Crippen LogP contribution in [0.15, 0.2) is 59.5 Å². The third kappa shape index (κ3) is 6.12. The van der Waals surface area contributed by atoms with Crippen molar-refractivity contribution in [3.05, 3.63) is 76.5 Å². The number of nitrogens with one attached hydrogen (secondary N) is 1. The Labute approximate surface area is 242 Å². The summed E-state index contributed by atoms with van der Waals surface area (Å²) in [5.74, 6) is 0.563. The van der Waals surface area contributed by atoms with Gasteiger partial charge in [0.2, 0.25) is 0 Å². The zero-order valence-electron chi connectivity index (χ0n) is 22.0. The molecule has 1 N–H and O–H groups in total. The van der Waals surface area contributed by atoms with Crippen LogP contribution in [0.3, 0.4) is 0 Å². The molecule has 2 aliphatic rings. The van der Waals surface area contributed by atoms with Crippen LogP contribution < -0.4 is 0 Å². The van der Waals surface area contributed by atoms with E-state index < -0.39 is 0 Å². The Hall–Kier alpha value is -3.51. The lowest BCUT2D eigenvalue weighted by atomic mass is 9.99. The van der Waals surface area contributed by atoms with Crippen LogP contribution >= 0.6 is 24.0 Å². The number of nitrogens with zero attached hydrogens (tertiary/aromatic N) is 6. The molecule has 0 bridgehead atoms. The van der Waals surface area contributed by atoms with Gasteiger partial charge in [0.25, 0.3) is 5.91 Å². The number of rotatable bonds is 9. The van der Waals surface area contributed by atoms with Gasteiger partial charge < -0.3 is 4.74 Å². The number of para-hydroxylation sites is 1. The van der Waals surface area contributed by atoms with Gasteiger partial charge in [0, 0.05) is 43.5 Å². The molecule has 2 saturated heterocycles. The molecule has 4 aromatic rings. The fourth-order valence-electron chi connectivity index (χ4n) is 5.01. The number of morpholine rings is 1. The Morgan fingerprint density at radius 1 is 1.05 bits per heavy atom. The molecule has 2 aliphatic heterocycles. The number of aryl methyl sites for hydroxylation is 1. The number of amides is 1. The van der Waals surface area contributed by atoms with E-state index in [1.165, 1.54) is 17.3 Å². The summed E-state index contributed by atoms with van der Waals surface area (Å²) in [6, 6.07) is 18.8. The van der Waals surface area contributed by atoms with Crippen molar-refractivity contribution >= 4 is 51.2 Å². The van der Waals surface area contributed by atoms with Crippen LogP contribution in [0.5, 0.6) is 0 Å². The third-order valence-electron chi connectivity index (χ3n) is 7.11. The second-order valence-corrected chi connectivity index (χ2v) is 11.5. The number of benzene rings is 2. The maximum Gasteiger partial charge on any atom is 0.266 e. The van der Waals surface area contributed by atoms with E-state index in [0.29, 0.717) is 34.4 Å². The highest BCUT2D eigenvalue weighted by Gasteiger charge is 2.31. The highest BCUT2D eigenvalue weighted by atomic mass is 32.2. The number of pyridine rings is 1. The van der Waals surface area contributed by atoms with E-state index in [1.807, 2.05) is 24.3 Å². The predicted octanol–water partition coefficient (Wildman–Crippen LogP) is 4.12. The maximum absolute atomic E-state index is 13.2. The van der Waals surface area contributed by atoms with Crippen LogP contribution in [-0.2, 0) is 22.4 Å². The van der Waals surface area contributed by atoms with Gasteiger partial charge in [-0.2, -0.15) is 5.21 Å². The lowest BCUT2D eigenvalue weighted by molar-refractivity contribution is -0.122. The quantitative estimate of drug-likeness (QED) is 0.235. The van der Waals surface area contributed by atoms with Crippen LogP contribution in [-0.4, -0.2) is 85.0 Å². The summed E-state index contributed by atoms with van der Waals surface area (Å²) in [6.07, 6.45) is 4.16. The molecule has 9 nitrogen and oxygen atoms in total. The molecule has 2 fully saturated rings. The predicted molar refractivity (Wildman–Crippen MR) is 161 cm³/mol. The summed E-state index contributed by atoms with van der Waals surface area (Å²) in [5, 5.41) is 15.1. The zero-order chi connectivity index (χ0) is 27.3. The van der Waals surface area contributed by atoms with E-state index in [-0.39, 0.29) is 5.91 Å². The van der Waals surface area contributed by atoms with E-state index in [4.69, 9.17) is 21.9 Å². The molecule has 204 valence electrons. The minimum atomic E-state index is -0.0662. The van der Waals surface area contributed by atoms with Crippen LogP contribution in [0.4, 0.5) is 0 Å². The van der Waals surface area contributed by atoms with Crippen LogP contribution in [0.1, 0.15) is 23.4 Å². The standard InChI is InChI=1S/C29H29N7O2S2/c37-28-25(40-29(39)36(28)11-4-9-26-31-33-34-32-26)18-20-5-3-7-22(17-20)27-23(10-12-35-13-15-38-16-14-35)19-21-6-1-2-8-24(21)30-27/h1-3,5-8,17-19H,4,9-16H2,(H,31,32,33,34). The molecule has 0 atom stereocenters. The Bertz CT molecular complexity index is 1550. The van der Waals surface area contributed by atoms with Gasteiger partial charge in [-0.1, -0.05) is 65.6 Å². The summed E-state index contributed by atoms with van der Waals surface area (Å²) >= 11 is 6.87. The fourth-order valence-corrected chi connectivity index (χ4v) is 6.32. The second kappa shape index (κ2) is 12.3. The Morgan fingerprint density at radius 3 is 2.77 bits per heavy atom. The Kier molecular flexibility index (Phi) is 8.24. The number of fused-ring (bicyclic) bond motifs is 1. The number of carbonyl (C=O) groups excluding carboxylic acids is 1. The Morgan fingerprint density at radius 2 is 1.93 bits per heavy atom. The number of hydrogen-bond acceptors (Lipinski definition) is 9. The molecule has 6 rings (SSSR count). The third-order valence-corrected chi connectivity index (χ3v) is 8.48. The smallest absolute Gasteiger partial charge is 0.266 e. The van der Waals surface area contributed by atoms with Crippen LogP contribution in [0, 0.1) is 0 Å². The molecule has 0 spiro atoms. The SMILES string of the molecule is O=C1C(=Cc2cccc(-c3nc4ccccc4cc3CCN3CCOCC3)c2)SC(=S)N1CCCc1nn[nH]n1. The highest BCUT2D eigenvalue weighted by Crippen LogP contribution is 2.34. The van der Waals surface area contributed by atoms with E-state index in [1.54, 1.807) is 4.90 Å². The van der Waals surface area contributed by atoms with Crippen LogP contribution in [0.2, 0.25) is 0 Å². The summed E-state index contributed by atoms with van der Waals surface area (Å²) in [5.41, 5.74) is 5.15. The number of thiocarbonyl (C=S) groups is 1. The highest BCUT2D eigenvalue weighted by molar-refractivity contribution is 8.26. The van der Waals surface area contributed by atoms with Gasteiger partial charge in [0.1, 0.15) is 4.32 Å². The van der Waals surface area contributed by atoms with E-state index in [9.17, 15) is 4.79 Å². The molecule has 2 aromatic carbocycles. The average molecular weight is 572 g/mol. The van der Waals surface area contributed by atoms with Gasteiger partial charge in [0.05, 0.1) is 29.3 Å². The first-order valence-corrected chi connectivity index (χ1v) is 14.6. The number of hydrogen-bond donors (Lipinski definition) is 1. The van der Waals surface area contributed by atoms with Crippen molar-refractivity contribution < 1.29 is 9.53 Å². The first-order chi connectivity index (χ1) is 19.6. The van der Waals surface area contributed by atoms with E-state index in [0.717, 1.165) is 67.0 Å². The van der Waals surface area contributed by atoms with Crippen molar-refractivity contribution in [2.24, 2.45) is 0 Å². The molecule has 2 aromatic heterocycles. The van der Waals surface area contributed by atoms with Crippen molar-refractivity contribution in [3.8, 4) is 11.3 Å². The summed E-state index contributed by atoms with van der Waals surface area (Å²) in [4.78, 5) is 23.0. The topological polar surface area (TPSA) is 100 Å². The van der Waals surface area contributed by atoms with Crippen LogP contribution in [0.25, 0.3) is 28.2 Å². The van der Waals surface area contributed by atoms with E-state index in [2.05, 4.69) is 61.9 Å². The molecular weight excluding hydrogens is 543 g/mol. The summed E-state index contributed by atoms with van der Waals surface area (Å²) in [6.45, 7) is 4.98. The van der Waals surface area contributed by atoms with Crippen molar-refractivity contribution in [3.63, 3.8) is 0 Å². The number of ether oxygens (including phenoxy) is 1. The van der Waals surface area contributed by atoms with Crippen molar-refractivity contribution in [1.82, 2.24) is 35.4 Å². The summed E-state index contributed by atoms with van der Waals surface area (Å²) < 4.78 is 6.09. The average Bonchev–Trinajstić information content (AvgIpc) is 3.60. The van der Waals surface area contributed by atoms with Gasteiger partial charge in [-0.25, -0.2) is 4.98 Å². The number of H-pyrrole nitrogens is 1. The normalized spacial score (nSPS) is 17.4. The molecule has 1 amide bonds. The number of tetrazole rings is 1. The number of thioether (sulfide) groups is 1. The van der Waals surface area contributed by atoms with Crippen molar-refractivity contribution in [2.75, 3.05) is 39.4 Å². The number of aromatic nitrogens is 5. The largest absolute Gasteiger partial charge is 0.379 e. The molecule has 0 saturated carbocycles. The lowest BCUT2D eigenvalue weighted by Gasteiger charge is -2.26. The molecular formula is C29H29N7O2S2. The molecule has 0 aliphatic carbocycles. The first kappa shape index (κ1) is 26.7. The van der Waals surface area contributed by atoms with Gasteiger partial charge in [-0.15, -0.1) is 10.2 Å². The molecule has 4 heterocycles. The molecule has 0 radical (unpaired) electrons. The second-order valence-electron chi connectivity index (χ2n) is 9.78. The molecule has 0 unspecified atom stereocenters. The zero-order valence-corrected chi connectivity index (χ0v) is 23.6. The van der Waals surface area contributed by atoms with Gasteiger partial charge in [0.15, 0.2) is 5.82 Å². The van der Waals surface area contributed by atoms with Gasteiger partial charge >= 0.3 is 0 Å². The molecule has 11 heteroatoms. The van der Waals surface area contributed by atoms with Gasteiger partial charge in [-0.3, -0.25) is 14.6 Å². The minimum Gasteiger partial charge on any atom is -0.379 e. The first-order valence-electron chi connectivity index (χ1n) is 13.4. The van der Waals surface area contributed by atoms with Crippen molar-refractivity contribution in [2.45, 2.75) is 19.3 Å². The number of carbonyl (C=O) groups is 1. The number of aromatic amines is 1. The minimum absolute atomic E-state index is 0.0662. The lowest BCUT2D eigenvalue weighted by Crippen LogP contribution is -2.37.